The van der Waals surface area contributed by atoms with Crippen LogP contribution in [-0.2, 0) is 17.7 Å². The third-order valence-corrected chi connectivity index (χ3v) is 5.15. The summed E-state index contributed by atoms with van der Waals surface area (Å²) in [4.78, 5) is 35.2. The molecular formula is C23H23N5O3. The lowest BCUT2D eigenvalue weighted by molar-refractivity contribution is 0.211. The van der Waals surface area contributed by atoms with E-state index in [1.54, 1.807) is 7.11 Å². The van der Waals surface area contributed by atoms with Crippen molar-refractivity contribution in [3.63, 3.8) is 0 Å². The molecule has 2 heterocycles. The number of nitrogens with zero attached hydrogens (tertiary/aromatic N) is 3. The summed E-state index contributed by atoms with van der Waals surface area (Å²) in [7, 11) is 1.66. The van der Waals surface area contributed by atoms with Crippen molar-refractivity contribution in [2.75, 3.05) is 25.6 Å². The molecule has 8 heteroatoms. The molecule has 0 unspecified atom stereocenters. The van der Waals surface area contributed by atoms with Gasteiger partial charge in [-0.15, -0.1) is 0 Å². The summed E-state index contributed by atoms with van der Waals surface area (Å²) in [5.74, 6) is 0.293. The molecule has 0 saturated heterocycles. The van der Waals surface area contributed by atoms with Gasteiger partial charge in [-0.25, -0.2) is 9.78 Å². The lowest BCUT2D eigenvalue weighted by atomic mass is 10.1. The van der Waals surface area contributed by atoms with Gasteiger partial charge < -0.3 is 14.6 Å². The largest absolute Gasteiger partial charge is 0.383 e. The predicted octanol–water partition coefficient (Wildman–Crippen LogP) is 2.18. The monoisotopic (exact) mass is 417 g/mol. The van der Waals surface area contributed by atoms with Gasteiger partial charge in [-0.2, -0.15) is 4.98 Å². The van der Waals surface area contributed by atoms with Gasteiger partial charge in [0.2, 0.25) is 0 Å². The molecule has 0 saturated carbocycles. The van der Waals surface area contributed by atoms with E-state index in [2.05, 4.69) is 32.4 Å². The Bertz CT molecular complexity index is 1280. The normalized spacial score (nSPS) is 11.0. The molecule has 2 N–H and O–H groups in total. The third-order valence-electron chi connectivity index (χ3n) is 5.15. The fourth-order valence-corrected chi connectivity index (χ4v) is 3.63. The molecule has 2 aliphatic rings. The molecule has 0 atom stereocenters. The number of benzene rings is 1. The van der Waals surface area contributed by atoms with E-state index in [0.29, 0.717) is 31.0 Å². The number of aromatic amines is 1. The maximum atomic E-state index is 12.4. The van der Waals surface area contributed by atoms with E-state index in [1.807, 2.05) is 41.8 Å². The first-order valence-electron chi connectivity index (χ1n) is 10.1. The zero-order valence-electron chi connectivity index (χ0n) is 17.5. The van der Waals surface area contributed by atoms with Gasteiger partial charge in [0, 0.05) is 25.9 Å². The Balaban J connectivity index is 1.80. The number of rotatable bonds is 8. The van der Waals surface area contributed by atoms with Crippen molar-refractivity contribution in [2.24, 2.45) is 0 Å². The summed E-state index contributed by atoms with van der Waals surface area (Å²) in [6.07, 6.45) is 1.61. The molecule has 0 spiro atoms. The Labute approximate surface area is 179 Å². The Morgan fingerprint density at radius 1 is 1.23 bits per heavy atom. The molecule has 0 bridgehead atoms. The van der Waals surface area contributed by atoms with Gasteiger partial charge in [-0.3, -0.25) is 9.78 Å². The van der Waals surface area contributed by atoms with E-state index in [1.165, 1.54) is 0 Å². The highest BCUT2D eigenvalue weighted by molar-refractivity contribution is 5.84. The second-order valence-corrected chi connectivity index (χ2v) is 7.33. The van der Waals surface area contributed by atoms with Crippen molar-refractivity contribution >= 4 is 16.7 Å². The number of hydrogen-bond acceptors (Lipinski definition) is 6. The van der Waals surface area contributed by atoms with Gasteiger partial charge in [-0.05, 0) is 55.2 Å². The first-order valence-corrected chi connectivity index (χ1v) is 10.1. The van der Waals surface area contributed by atoms with E-state index in [4.69, 9.17) is 4.74 Å². The number of H-pyrrole nitrogens is 1. The lowest BCUT2D eigenvalue weighted by Gasteiger charge is -2.19. The molecule has 0 fully saturated rings. The molecule has 0 aromatic heterocycles. The van der Waals surface area contributed by atoms with Crippen LogP contribution in [0.15, 0.2) is 39.9 Å². The highest BCUT2D eigenvalue weighted by atomic mass is 16.5. The van der Waals surface area contributed by atoms with E-state index in [9.17, 15) is 9.59 Å². The number of aromatic nitrogens is 4. The van der Waals surface area contributed by atoms with Crippen molar-refractivity contribution in [1.82, 2.24) is 19.5 Å². The van der Waals surface area contributed by atoms with Crippen molar-refractivity contribution in [3.8, 4) is 11.5 Å². The third kappa shape index (κ3) is 4.42. The summed E-state index contributed by atoms with van der Waals surface area (Å²) >= 11 is 0. The number of ether oxygens (including phenoxy) is 1. The second kappa shape index (κ2) is 8.98. The average molecular weight is 417 g/mol. The summed E-state index contributed by atoms with van der Waals surface area (Å²) in [6.45, 7) is 3.80. The maximum absolute atomic E-state index is 12.4. The predicted molar refractivity (Wildman–Crippen MR) is 119 cm³/mol. The standard InChI is InChI=1S/C23H23N5O3/c1-15-13-18-19(14-17(15)24-10-12-31-2)28(11-6-9-16-7-4-3-5-8-16)21-20(25-18)22(29)27-23(30)26-21/h4,7-8,13-14,24H,6,9-12H2,1-2H3,(H,27,29,30). The van der Waals surface area contributed by atoms with Crippen LogP contribution in [-0.4, -0.2) is 39.8 Å². The van der Waals surface area contributed by atoms with Gasteiger partial charge in [0.25, 0.3) is 5.56 Å². The van der Waals surface area contributed by atoms with Gasteiger partial charge >= 0.3 is 5.69 Å². The van der Waals surface area contributed by atoms with Crippen molar-refractivity contribution in [2.45, 2.75) is 26.3 Å². The van der Waals surface area contributed by atoms with Gasteiger partial charge in [0.15, 0.2) is 11.5 Å². The van der Waals surface area contributed by atoms with Crippen LogP contribution in [0.2, 0.25) is 0 Å². The number of fused-ring (bicyclic) bond motifs is 2. The molecule has 0 radical (unpaired) electrons. The van der Waals surface area contributed by atoms with Crippen LogP contribution < -0.4 is 16.6 Å². The van der Waals surface area contributed by atoms with Crippen LogP contribution in [0.1, 0.15) is 17.5 Å². The zero-order chi connectivity index (χ0) is 21.8. The maximum Gasteiger partial charge on any atom is 0.349 e. The number of anilines is 1. The molecule has 31 heavy (non-hydrogen) atoms. The van der Waals surface area contributed by atoms with Crippen molar-refractivity contribution in [3.05, 3.63) is 74.4 Å². The Morgan fingerprint density at radius 3 is 2.87 bits per heavy atom. The SMILES string of the molecule is COCCNc1cc2c(cc1C)nc1c(=O)[nH]c(=O)nc-1n2CCCc1cc#ccc1. The fraction of sp³-hybridized carbons (Fsp3) is 0.304. The minimum absolute atomic E-state index is 0.161. The highest BCUT2D eigenvalue weighted by Gasteiger charge is 2.19. The van der Waals surface area contributed by atoms with Gasteiger partial charge in [-0.1, -0.05) is 18.2 Å². The summed E-state index contributed by atoms with van der Waals surface area (Å²) < 4.78 is 7.04. The molecular weight excluding hydrogens is 394 g/mol. The summed E-state index contributed by atoms with van der Waals surface area (Å²) in [6, 6.07) is 15.5. The van der Waals surface area contributed by atoms with Crippen LogP contribution in [0.4, 0.5) is 5.69 Å². The van der Waals surface area contributed by atoms with Crippen molar-refractivity contribution in [1.29, 1.82) is 0 Å². The number of nitrogens with one attached hydrogen (secondary N) is 2. The molecule has 0 amide bonds. The summed E-state index contributed by atoms with van der Waals surface area (Å²) in [5.41, 5.74) is 3.54. The van der Waals surface area contributed by atoms with E-state index in [0.717, 1.165) is 35.2 Å². The van der Waals surface area contributed by atoms with Crippen LogP contribution in [0.5, 0.6) is 0 Å². The molecule has 2 aromatic rings. The molecule has 8 nitrogen and oxygen atoms in total. The minimum atomic E-state index is -0.675. The first kappa shape index (κ1) is 20.6. The average Bonchev–Trinajstić information content (AvgIpc) is 2.75. The van der Waals surface area contributed by atoms with Crippen molar-refractivity contribution < 1.29 is 4.74 Å². The number of hydrogen-bond donors (Lipinski definition) is 2. The fourth-order valence-electron chi connectivity index (χ4n) is 3.63. The van der Waals surface area contributed by atoms with E-state index < -0.39 is 11.2 Å². The van der Waals surface area contributed by atoms with Crippen LogP contribution in [0.3, 0.4) is 0 Å². The quantitative estimate of drug-likeness (QED) is 0.337. The topological polar surface area (TPSA) is 102 Å². The highest BCUT2D eigenvalue weighted by Crippen LogP contribution is 2.27. The number of aryl methyl sites for hydroxylation is 3. The Morgan fingerprint density at radius 2 is 2.10 bits per heavy atom. The van der Waals surface area contributed by atoms with Gasteiger partial charge in [0.1, 0.15) is 0 Å². The minimum Gasteiger partial charge on any atom is -0.383 e. The lowest BCUT2D eigenvalue weighted by Crippen LogP contribution is -2.29. The Kier molecular flexibility index (Phi) is 5.96. The number of methoxy groups -OCH3 is 1. The van der Waals surface area contributed by atoms with Crippen LogP contribution in [0, 0.1) is 19.1 Å². The van der Waals surface area contributed by atoms with Crippen LogP contribution in [0.25, 0.3) is 22.6 Å². The summed E-state index contributed by atoms with van der Waals surface area (Å²) in [5, 5.41) is 3.36. The molecule has 0 aliphatic carbocycles. The molecule has 158 valence electrons. The molecule has 2 aromatic carbocycles. The Hall–Kier alpha value is -3.70. The van der Waals surface area contributed by atoms with E-state index >= 15 is 0 Å². The van der Waals surface area contributed by atoms with Crippen LogP contribution >= 0.6 is 0 Å². The zero-order valence-corrected chi connectivity index (χ0v) is 17.5. The second-order valence-electron chi connectivity index (χ2n) is 7.33. The molecule has 4 rings (SSSR count). The van der Waals surface area contributed by atoms with E-state index in [-0.39, 0.29) is 5.69 Å². The smallest absolute Gasteiger partial charge is 0.349 e. The first-order chi connectivity index (χ1) is 15.1. The molecule has 2 aliphatic heterocycles. The van der Waals surface area contributed by atoms with Gasteiger partial charge in [0.05, 0.1) is 17.6 Å².